The van der Waals surface area contributed by atoms with Gasteiger partial charge in [0.05, 0.1) is 14.3 Å². The summed E-state index contributed by atoms with van der Waals surface area (Å²) in [4.78, 5) is 0. The lowest BCUT2D eigenvalue weighted by molar-refractivity contribution is 0.200. The number of rotatable bonds is 20. The average Bonchev–Trinajstić information content (AvgIpc) is 3.58. The first-order valence-electron chi connectivity index (χ1n) is 27.8. The standard InChI is InChI=1S/C60H76I4O8/c1-5-9-13-17-21-37-41-33-43-38(22-18-14-10-6-2)45-35-47-40(24-20-16-12-8-4)48-36-46-39(23-19-15-11-7-3)44-34-42(37)54-50(62)56(44)68-28-30-70-58(46)52(64)60(48)72-32-31-71-59(47)51(63)57(45)69-29-27-67-55(43)49(61)53(41)65-25-26-66-54/h33-40H,5-32H2,1-4H3. The molecule has 0 unspecified atom stereocenters. The summed E-state index contributed by atoms with van der Waals surface area (Å²) in [5.74, 6) is 7.39. The van der Waals surface area contributed by atoms with Gasteiger partial charge in [-0.05, 0) is 140 Å². The lowest BCUT2D eigenvalue weighted by atomic mass is 9.76. The van der Waals surface area contributed by atoms with E-state index in [1.165, 1.54) is 122 Å². The third kappa shape index (κ3) is 11.7. The van der Waals surface area contributed by atoms with E-state index in [9.17, 15) is 0 Å². The highest BCUT2D eigenvalue weighted by Gasteiger charge is 2.40. The van der Waals surface area contributed by atoms with Crippen LogP contribution >= 0.6 is 90.4 Å². The minimum absolute atomic E-state index is 0.0109. The highest BCUT2D eigenvalue weighted by Crippen LogP contribution is 2.58. The van der Waals surface area contributed by atoms with Gasteiger partial charge in [-0.3, -0.25) is 0 Å². The number of hydrogen-bond donors (Lipinski definition) is 0. The van der Waals surface area contributed by atoms with Crippen LogP contribution in [0, 0.1) is 14.3 Å². The van der Waals surface area contributed by atoms with Gasteiger partial charge in [-0.2, -0.15) is 0 Å². The quantitative estimate of drug-likeness (QED) is 0.0640. The van der Waals surface area contributed by atoms with Crippen LogP contribution in [0.15, 0.2) is 24.3 Å². The zero-order chi connectivity index (χ0) is 50.1. The van der Waals surface area contributed by atoms with Crippen molar-refractivity contribution in [2.75, 3.05) is 52.9 Å². The second-order valence-electron chi connectivity index (χ2n) is 20.5. The van der Waals surface area contributed by atoms with Crippen LogP contribution in [-0.2, 0) is 0 Å². The Hall–Kier alpha value is -1.80. The first kappa shape index (κ1) is 55.0. The Morgan fingerprint density at radius 3 is 0.597 bits per heavy atom. The molecule has 0 radical (unpaired) electrons. The van der Waals surface area contributed by atoms with Crippen LogP contribution in [0.25, 0.3) is 0 Å². The van der Waals surface area contributed by atoms with E-state index < -0.39 is 0 Å². The molecule has 0 N–H and O–H groups in total. The molecule has 1 aliphatic carbocycles. The third-order valence-corrected chi connectivity index (χ3v) is 19.5. The number of hydrogen-bond acceptors (Lipinski definition) is 8. The molecule has 4 heterocycles. The smallest absolute Gasteiger partial charge is 0.140 e. The second-order valence-corrected chi connectivity index (χ2v) is 24.8. The summed E-state index contributed by atoms with van der Waals surface area (Å²) in [7, 11) is 0. The molecule has 5 aliphatic rings. The largest absolute Gasteiger partial charge is 0.488 e. The fourth-order valence-corrected chi connectivity index (χ4v) is 15.8. The summed E-state index contributed by atoms with van der Waals surface area (Å²) in [5, 5.41) is 0. The van der Waals surface area contributed by atoms with Crippen LogP contribution in [-0.4, -0.2) is 52.9 Å². The van der Waals surface area contributed by atoms with Crippen LogP contribution in [0.3, 0.4) is 0 Å². The van der Waals surface area contributed by atoms with Crippen molar-refractivity contribution >= 4 is 90.4 Å². The Kier molecular flexibility index (Phi) is 20.2. The molecule has 4 aromatic carbocycles. The summed E-state index contributed by atoms with van der Waals surface area (Å²) in [6.45, 7) is 12.6. The molecule has 4 aliphatic heterocycles. The minimum Gasteiger partial charge on any atom is -0.488 e. The molecule has 72 heavy (non-hydrogen) atoms. The van der Waals surface area contributed by atoms with E-state index in [1.54, 1.807) is 0 Å². The van der Waals surface area contributed by atoms with E-state index in [4.69, 9.17) is 37.9 Å². The minimum atomic E-state index is -0.0109. The molecule has 0 spiro atoms. The monoisotopic (exact) mass is 1430 g/mol. The van der Waals surface area contributed by atoms with Crippen molar-refractivity contribution in [1.29, 1.82) is 0 Å². The Labute approximate surface area is 485 Å². The van der Waals surface area contributed by atoms with E-state index in [2.05, 4.69) is 142 Å². The number of halogens is 4. The summed E-state index contributed by atoms with van der Waals surface area (Å²) in [6, 6.07) is 10.1. The van der Waals surface area contributed by atoms with Crippen molar-refractivity contribution in [2.45, 2.75) is 180 Å². The normalized spacial score (nSPS) is 19.6. The van der Waals surface area contributed by atoms with Gasteiger partial charge < -0.3 is 37.9 Å². The van der Waals surface area contributed by atoms with E-state index >= 15 is 0 Å². The first-order chi connectivity index (χ1) is 35.3. The average molecular weight is 1430 g/mol. The molecule has 392 valence electrons. The maximum Gasteiger partial charge on any atom is 0.140 e. The fraction of sp³-hybridized carbons (Fsp3) is 0.600. The van der Waals surface area contributed by atoms with Crippen LogP contribution in [0.1, 0.15) is 224 Å². The maximum atomic E-state index is 7.04. The van der Waals surface area contributed by atoms with Crippen molar-refractivity contribution in [3.63, 3.8) is 0 Å². The Morgan fingerprint density at radius 2 is 0.444 bits per heavy atom. The Balaban J connectivity index is 1.45. The molecule has 0 amide bonds. The summed E-state index contributed by atoms with van der Waals surface area (Å²) in [5.41, 5.74) is 9.84. The predicted octanol–water partition coefficient (Wildman–Crippen LogP) is 17.9. The number of unbranched alkanes of at least 4 members (excludes halogenated alkanes) is 12. The van der Waals surface area contributed by atoms with Gasteiger partial charge in [0.2, 0.25) is 0 Å². The van der Waals surface area contributed by atoms with Crippen molar-refractivity contribution in [2.24, 2.45) is 0 Å². The van der Waals surface area contributed by atoms with Crippen molar-refractivity contribution in [1.82, 2.24) is 0 Å². The van der Waals surface area contributed by atoms with Gasteiger partial charge in [-0.1, -0.05) is 130 Å². The molecular weight excluding hydrogens is 1360 g/mol. The SMILES string of the molecule is CCCCCCC1c2cc3c4c(I)c2OCCOc2c1cc1c(c2I)OCCOc2c(cc5c(c2I)OCCOc2c(cc(c(c2I)OCCO4)C3CCCCCC)C5CCCCCC)C1CCCCCC. The lowest BCUT2D eigenvalue weighted by Crippen LogP contribution is -2.15. The second kappa shape index (κ2) is 26.5. The third-order valence-electron chi connectivity index (χ3n) is 15.6. The van der Waals surface area contributed by atoms with E-state index in [0.29, 0.717) is 52.9 Å². The van der Waals surface area contributed by atoms with Crippen molar-refractivity contribution < 1.29 is 37.9 Å². The van der Waals surface area contributed by atoms with E-state index in [0.717, 1.165) is 112 Å². The molecular formula is C60H76I4O8. The molecule has 0 aromatic heterocycles. The topological polar surface area (TPSA) is 73.8 Å². The molecule has 4 aromatic rings. The molecule has 9 rings (SSSR count). The van der Waals surface area contributed by atoms with Crippen molar-refractivity contribution in [3.8, 4) is 46.0 Å². The molecule has 8 bridgehead atoms. The van der Waals surface area contributed by atoms with Gasteiger partial charge in [0.15, 0.2) is 0 Å². The molecule has 0 saturated carbocycles. The highest BCUT2D eigenvalue weighted by molar-refractivity contribution is 14.1. The number of benzene rings is 4. The van der Waals surface area contributed by atoms with Crippen LogP contribution in [0.4, 0.5) is 0 Å². The van der Waals surface area contributed by atoms with Gasteiger partial charge in [0, 0.05) is 68.2 Å². The maximum absolute atomic E-state index is 7.04. The molecule has 0 saturated heterocycles. The Morgan fingerprint density at radius 1 is 0.278 bits per heavy atom. The molecule has 8 nitrogen and oxygen atoms in total. The van der Waals surface area contributed by atoms with Crippen LogP contribution < -0.4 is 37.9 Å². The van der Waals surface area contributed by atoms with E-state index in [1.807, 2.05) is 0 Å². The number of ether oxygens (including phenoxy) is 8. The molecule has 0 fully saturated rings. The van der Waals surface area contributed by atoms with E-state index in [-0.39, 0.29) is 23.7 Å². The summed E-state index contributed by atoms with van der Waals surface area (Å²) in [6.07, 6.45) is 22.4. The van der Waals surface area contributed by atoms with Crippen LogP contribution in [0.5, 0.6) is 46.0 Å². The van der Waals surface area contributed by atoms with Gasteiger partial charge in [-0.15, -0.1) is 0 Å². The first-order valence-corrected chi connectivity index (χ1v) is 32.1. The Bertz CT molecular complexity index is 2040. The summed E-state index contributed by atoms with van der Waals surface area (Å²) < 4.78 is 60.5. The highest BCUT2D eigenvalue weighted by atomic mass is 127. The predicted molar refractivity (Wildman–Crippen MR) is 323 cm³/mol. The van der Waals surface area contributed by atoms with Gasteiger partial charge in [-0.25, -0.2) is 0 Å². The lowest BCUT2D eigenvalue weighted by Gasteiger charge is -2.32. The zero-order valence-corrected chi connectivity index (χ0v) is 51.8. The van der Waals surface area contributed by atoms with Gasteiger partial charge >= 0.3 is 0 Å². The van der Waals surface area contributed by atoms with Gasteiger partial charge in [0.25, 0.3) is 0 Å². The zero-order valence-electron chi connectivity index (χ0n) is 43.2. The summed E-state index contributed by atoms with van der Waals surface area (Å²) >= 11 is 10.3. The fourth-order valence-electron chi connectivity index (χ4n) is 12.0. The molecule has 12 heteroatoms. The molecule has 0 atom stereocenters. The van der Waals surface area contributed by atoms with Gasteiger partial charge in [0.1, 0.15) is 98.9 Å². The van der Waals surface area contributed by atoms with Crippen LogP contribution in [0.2, 0.25) is 0 Å². The van der Waals surface area contributed by atoms with Crippen molar-refractivity contribution in [3.05, 3.63) is 83.1 Å².